The molecule has 0 fully saturated rings. The fourth-order valence-corrected chi connectivity index (χ4v) is 4.20. The maximum Gasteiger partial charge on any atom is 0.0946 e. The second kappa shape index (κ2) is 8.66. The molecular weight excluding hydrogens is 296 g/mol. The Bertz CT molecular complexity index is 497. The van der Waals surface area contributed by atoms with Crippen LogP contribution in [0.25, 0.3) is 0 Å². The molecule has 2 aromatic heterocycles. The normalized spacial score (nSPS) is 12.7. The lowest BCUT2D eigenvalue weighted by Crippen LogP contribution is -2.31. The second-order valence-corrected chi connectivity index (χ2v) is 7.90. The highest BCUT2D eigenvalue weighted by atomic mass is 32.1. The summed E-state index contributed by atoms with van der Waals surface area (Å²) in [4.78, 5) is 7.56. The molecule has 2 nitrogen and oxygen atoms in total. The van der Waals surface area contributed by atoms with Crippen molar-refractivity contribution >= 4 is 22.7 Å². The Morgan fingerprint density at radius 2 is 2.19 bits per heavy atom. The van der Waals surface area contributed by atoms with Crippen LogP contribution in [0.3, 0.4) is 0 Å². The molecule has 1 N–H and O–H groups in total. The van der Waals surface area contributed by atoms with Gasteiger partial charge in [0, 0.05) is 22.2 Å². The maximum atomic E-state index is 4.70. The van der Waals surface area contributed by atoms with Gasteiger partial charge in [-0.25, -0.2) is 4.98 Å². The summed E-state index contributed by atoms with van der Waals surface area (Å²) in [5.41, 5.74) is 1.20. The van der Waals surface area contributed by atoms with E-state index in [0.717, 1.165) is 13.0 Å². The van der Waals surface area contributed by atoms with E-state index in [1.165, 1.54) is 46.1 Å². The van der Waals surface area contributed by atoms with Crippen LogP contribution < -0.4 is 5.32 Å². The number of rotatable bonds is 9. The monoisotopic (exact) mass is 322 g/mol. The van der Waals surface area contributed by atoms with E-state index in [0.29, 0.717) is 6.04 Å². The summed E-state index contributed by atoms with van der Waals surface area (Å²) in [7, 11) is 0. The summed E-state index contributed by atoms with van der Waals surface area (Å²) >= 11 is 3.73. The van der Waals surface area contributed by atoms with Crippen molar-refractivity contribution in [2.45, 2.75) is 58.9 Å². The van der Waals surface area contributed by atoms with Crippen LogP contribution in [0, 0.1) is 13.8 Å². The number of thiophene rings is 1. The van der Waals surface area contributed by atoms with Crippen molar-refractivity contribution in [1.29, 1.82) is 0 Å². The summed E-state index contributed by atoms with van der Waals surface area (Å²) in [6, 6.07) is 4.95. The minimum absolute atomic E-state index is 0.565. The van der Waals surface area contributed by atoms with Gasteiger partial charge in [-0.3, -0.25) is 0 Å². The number of thiazole rings is 1. The van der Waals surface area contributed by atoms with E-state index in [9.17, 15) is 0 Å². The zero-order valence-corrected chi connectivity index (χ0v) is 14.9. The Morgan fingerprint density at radius 3 is 2.81 bits per heavy atom. The van der Waals surface area contributed by atoms with E-state index in [4.69, 9.17) is 4.98 Å². The van der Waals surface area contributed by atoms with Gasteiger partial charge < -0.3 is 5.32 Å². The van der Waals surface area contributed by atoms with E-state index >= 15 is 0 Å². The van der Waals surface area contributed by atoms with Crippen molar-refractivity contribution in [2.75, 3.05) is 6.54 Å². The lowest BCUT2D eigenvalue weighted by atomic mass is 10.1. The number of hydrogen-bond donors (Lipinski definition) is 1. The maximum absolute atomic E-state index is 4.70. The number of aryl methyl sites for hydroxylation is 3. The van der Waals surface area contributed by atoms with E-state index in [2.05, 4.69) is 43.6 Å². The predicted molar refractivity (Wildman–Crippen MR) is 94.6 cm³/mol. The average Bonchev–Trinajstić information content (AvgIpc) is 3.07. The highest BCUT2D eigenvalue weighted by molar-refractivity contribution is 7.11. The molecule has 0 aliphatic rings. The van der Waals surface area contributed by atoms with Gasteiger partial charge in [-0.05, 0) is 57.5 Å². The SMILES string of the molecule is CCCNC(CCCc1cccs1)Cc1nc(C)c(C)s1. The second-order valence-electron chi connectivity index (χ2n) is 5.58. The molecule has 0 radical (unpaired) electrons. The highest BCUT2D eigenvalue weighted by Crippen LogP contribution is 2.20. The third-order valence-corrected chi connectivity index (χ3v) is 5.76. The van der Waals surface area contributed by atoms with Crippen molar-refractivity contribution in [3.63, 3.8) is 0 Å². The third-order valence-electron chi connectivity index (χ3n) is 3.73. The number of nitrogens with one attached hydrogen (secondary N) is 1. The van der Waals surface area contributed by atoms with Gasteiger partial charge in [-0.2, -0.15) is 0 Å². The Hall–Kier alpha value is -0.710. The molecule has 0 amide bonds. The molecule has 0 saturated heterocycles. The summed E-state index contributed by atoms with van der Waals surface area (Å²) < 4.78 is 0. The molecule has 2 aromatic rings. The molecule has 1 unspecified atom stereocenters. The molecule has 0 aliphatic heterocycles. The molecule has 1 atom stereocenters. The number of hydrogen-bond acceptors (Lipinski definition) is 4. The molecule has 21 heavy (non-hydrogen) atoms. The molecule has 0 aliphatic carbocycles. The van der Waals surface area contributed by atoms with Gasteiger partial charge >= 0.3 is 0 Å². The number of nitrogens with zero attached hydrogens (tertiary/aromatic N) is 1. The lowest BCUT2D eigenvalue weighted by molar-refractivity contribution is 0.464. The van der Waals surface area contributed by atoms with Crippen LogP contribution in [0.2, 0.25) is 0 Å². The topological polar surface area (TPSA) is 24.9 Å². The van der Waals surface area contributed by atoms with Crippen LogP contribution in [0.5, 0.6) is 0 Å². The van der Waals surface area contributed by atoms with E-state index in [-0.39, 0.29) is 0 Å². The molecule has 2 rings (SSSR count). The zero-order chi connectivity index (χ0) is 15.1. The molecule has 0 bridgehead atoms. The molecule has 0 aromatic carbocycles. The first kappa shape index (κ1) is 16.7. The van der Waals surface area contributed by atoms with Gasteiger partial charge in [0.15, 0.2) is 0 Å². The van der Waals surface area contributed by atoms with Crippen molar-refractivity contribution in [3.05, 3.63) is 38.0 Å². The first-order valence-electron chi connectivity index (χ1n) is 7.87. The number of aromatic nitrogens is 1. The van der Waals surface area contributed by atoms with Crippen LogP contribution in [-0.4, -0.2) is 17.6 Å². The summed E-state index contributed by atoms with van der Waals surface area (Å²) in [5, 5.41) is 7.15. The van der Waals surface area contributed by atoms with Gasteiger partial charge in [-0.1, -0.05) is 13.0 Å². The van der Waals surface area contributed by atoms with E-state index in [1.54, 1.807) is 0 Å². The molecular formula is C17H26N2S2. The van der Waals surface area contributed by atoms with Crippen LogP contribution in [0.1, 0.15) is 46.6 Å². The first-order valence-corrected chi connectivity index (χ1v) is 9.57. The van der Waals surface area contributed by atoms with Crippen molar-refractivity contribution in [2.24, 2.45) is 0 Å². The molecule has 4 heteroatoms. The third kappa shape index (κ3) is 5.53. The van der Waals surface area contributed by atoms with Gasteiger partial charge in [0.05, 0.1) is 10.7 Å². The van der Waals surface area contributed by atoms with Gasteiger partial charge in [0.2, 0.25) is 0 Å². The minimum Gasteiger partial charge on any atom is -0.314 e. The van der Waals surface area contributed by atoms with Crippen LogP contribution in [0.4, 0.5) is 0 Å². The average molecular weight is 323 g/mol. The summed E-state index contributed by atoms with van der Waals surface area (Å²) in [6.07, 6.45) is 5.96. The molecule has 0 spiro atoms. The quantitative estimate of drug-likeness (QED) is 0.720. The van der Waals surface area contributed by atoms with Gasteiger partial charge in [0.1, 0.15) is 0 Å². The molecule has 2 heterocycles. The van der Waals surface area contributed by atoms with Crippen molar-refractivity contribution in [3.8, 4) is 0 Å². The van der Waals surface area contributed by atoms with Crippen LogP contribution >= 0.6 is 22.7 Å². The first-order chi connectivity index (χ1) is 10.2. The van der Waals surface area contributed by atoms with Crippen molar-refractivity contribution < 1.29 is 0 Å². The highest BCUT2D eigenvalue weighted by Gasteiger charge is 2.12. The molecule has 0 saturated carbocycles. The van der Waals surface area contributed by atoms with Crippen LogP contribution in [0.15, 0.2) is 17.5 Å². The standard InChI is InChI=1S/C17H26N2S2/c1-4-10-18-15(7-5-8-16-9-6-11-20-16)12-17-19-13(2)14(3)21-17/h6,9,11,15,18H,4-5,7-8,10,12H2,1-3H3. The Kier molecular flexibility index (Phi) is 6.87. The van der Waals surface area contributed by atoms with Gasteiger partial charge in [-0.15, -0.1) is 22.7 Å². The Morgan fingerprint density at radius 1 is 1.33 bits per heavy atom. The van der Waals surface area contributed by atoms with Crippen LogP contribution in [-0.2, 0) is 12.8 Å². The zero-order valence-electron chi connectivity index (χ0n) is 13.3. The summed E-state index contributed by atoms with van der Waals surface area (Å²) in [6.45, 7) is 7.61. The minimum atomic E-state index is 0.565. The largest absolute Gasteiger partial charge is 0.314 e. The smallest absolute Gasteiger partial charge is 0.0946 e. The lowest BCUT2D eigenvalue weighted by Gasteiger charge is -2.17. The fourth-order valence-electron chi connectivity index (χ4n) is 2.44. The summed E-state index contributed by atoms with van der Waals surface area (Å²) in [5.74, 6) is 0. The molecule has 116 valence electrons. The fraction of sp³-hybridized carbons (Fsp3) is 0.588. The Balaban J connectivity index is 1.84. The van der Waals surface area contributed by atoms with Gasteiger partial charge in [0.25, 0.3) is 0 Å². The Labute approximate surface area is 136 Å². The van der Waals surface area contributed by atoms with Crippen molar-refractivity contribution in [1.82, 2.24) is 10.3 Å². The van der Waals surface area contributed by atoms with E-state index < -0.39 is 0 Å². The predicted octanol–water partition coefficient (Wildman–Crippen LogP) is 4.76. The van der Waals surface area contributed by atoms with E-state index in [1.807, 2.05) is 22.7 Å².